The van der Waals surface area contributed by atoms with Crippen molar-refractivity contribution in [3.63, 3.8) is 0 Å². The van der Waals surface area contributed by atoms with Crippen LogP contribution in [0.25, 0.3) is 10.9 Å². The molecule has 2 aromatic rings. The van der Waals surface area contributed by atoms with Gasteiger partial charge in [0.15, 0.2) is 0 Å². The predicted octanol–water partition coefficient (Wildman–Crippen LogP) is 0.872. The number of carbonyl (C=O) groups is 1. The van der Waals surface area contributed by atoms with E-state index in [-0.39, 0.29) is 12.1 Å². The summed E-state index contributed by atoms with van der Waals surface area (Å²) in [5.74, 6) is 0.860. The molecule has 6 heteroatoms. The minimum absolute atomic E-state index is 0.0324. The van der Waals surface area contributed by atoms with Crippen LogP contribution in [0.1, 0.15) is 13.8 Å². The number of para-hydroxylation sites is 1. The molecule has 1 saturated heterocycles. The van der Waals surface area contributed by atoms with Crippen LogP contribution in [-0.4, -0.2) is 46.1 Å². The Hall–Kier alpha value is -2.37. The molecule has 0 aliphatic carbocycles. The topological polar surface area (TPSA) is 72.4 Å². The van der Waals surface area contributed by atoms with Gasteiger partial charge in [-0.1, -0.05) is 12.1 Å². The molecule has 0 bridgehead atoms. The number of anilines is 1. The fraction of sp³-hybridized carbons (Fsp3) is 0.400. The highest BCUT2D eigenvalue weighted by molar-refractivity contribution is 5.89. The number of amides is 1. The highest BCUT2D eigenvalue weighted by Gasteiger charge is 2.31. The van der Waals surface area contributed by atoms with E-state index in [4.69, 9.17) is 0 Å². The number of piperazine rings is 1. The van der Waals surface area contributed by atoms with E-state index >= 15 is 0 Å². The van der Waals surface area contributed by atoms with Crippen molar-refractivity contribution < 1.29 is 9.90 Å². The number of fused-ring (bicyclic) bond motifs is 1. The molecule has 2 heterocycles. The molecule has 6 nitrogen and oxygen atoms in total. The first-order valence-corrected chi connectivity index (χ1v) is 7.02. The maximum Gasteiger partial charge on any atom is 0.140 e. The Kier molecular flexibility index (Phi) is 3.37. The maximum atomic E-state index is 11.1. The summed E-state index contributed by atoms with van der Waals surface area (Å²) in [6, 6.07) is 7.92. The molecule has 1 aliphatic rings. The Labute approximate surface area is 123 Å². The fourth-order valence-corrected chi connectivity index (χ4v) is 3.09. The fourth-order valence-electron chi connectivity index (χ4n) is 3.09. The molecular formula is C15H17N4O2-. The number of nitrogens with zero attached hydrogens (tertiary/aromatic N) is 4. The lowest BCUT2D eigenvalue weighted by Crippen LogP contribution is -2.60. The SMILES string of the molecule is CC1CN(C(=O)[O-])CC(C)N1c1ncnc2ccccc12. The number of hydrogen-bond donors (Lipinski definition) is 0. The Morgan fingerprint density at radius 3 is 2.52 bits per heavy atom. The molecule has 1 aromatic carbocycles. The highest BCUT2D eigenvalue weighted by Crippen LogP contribution is 2.28. The summed E-state index contributed by atoms with van der Waals surface area (Å²) in [5, 5.41) is 12.1. The van der Waals surface area contributed by atoms with Crippen molar-refractivity contribution in [2.75, 3.05) is 18.0 Å². The molecule has 0 saturated carbocycles. The second kappa shape index (κ2) is 5.20. The number of carbonyl (C=O) groups excluding carboxylic acids is 1. The van der Waals surface area contributed by atoms with Crippen LogP contribution < -0.4 is 10.0 Å². The van der Waals surface area contributed by atoms with Crippen LogP contribution in [0.2, 0.25) is 0 Å². The summed E-state index contributed by atoms with van der Waals surface area (Å²) < 4.78 is 0. The van der Waals surface area contributed by atoms with Crippen molar-refractivity contribution in [2.45, 2.75) is 25.9 Å². The number of hydrogen-bond acceptors (Lipinski definition) is 5. The average molecular weight is 285 g/mol. The molecule has 1 fully saturated rings. The van der Waals surface area contributed by atoms with Crippen molar-refractivity contribution in [2.24, 2.45) is 0 Å². The number of aromatic nitrogens is 2. The van der Waals surface area contributed by atoms with Crippen LogP contribution in [0, 0.1) is 0 Å². The van der Waals surface area contributed by atoms with E-state index in [0.29, 0.717) is 13.1 Å². The molecule has 110 valence electrons. The zero-order chi connectivity index (χ0) is 15.0. The summed E-state index contributed by atoms with van der Waals surface area (Å²) in [5.41, 5.74) is 0.893. The molecule has 0 spiro atoms. The first-order valence-electron chi connectivity index (χ1n) is 7.02. The summed E-state index contributed by atoms with van der Waals surface area (Å²) in [6.07, 6.45) is 0.447. The standard InChI is InChI=1S/C15H18N4O2/c1-10-7-18(15(20)21)8-11(2)19(10)14-12-5-3-4-6-13(12)16-9-17-14/h3-6,9-11H,7-8H2,1-2H3,(H,20,21)/p-1. The van der Waals surface area contributed by atoms with E-state index in [1.165, 1.54) is 4.90 Å². The molecule has 3 rings (SSSR count). The summed E-state index contributed by atoms with van der Waals surface area (Å²) >= 11 is 0. The van der Waals surface area contributed by atoms with Gasteiger partial charge in [0.1, 0.15) is 18.2 Å². The van der Waals surface area contributed by atoms with Gasteiger partial charge in [0.05, 0.1) is 5.52 Å². The van der Waals surface area contributed by atoms with Crippen molar-refractivity contribution in [3.8, 4) is 0 Å². The van der Waals surface area contributed by atoms with Crippen LogP contribution in [0.3, 0.4) is 0 Å². The zero-order valence-corrected chi connectivity index (χ0v) is 12.1. The second-order valence-corrected chi connectivity index (χ2v) is 5.49. The monoisotopic (exact) mass is 285 g/mol. The van der Waals surface area contributed by atoms with E-state index in [9.17, 15) is 9.90 Å². The van der Waals surface area contributed by atoms with Gasteiger partial charge in [0.2, 0.25) is 0 Å². The van der Waals surface area contributed by atoms with Gasteiger partial charge in [-0.3, -0.25) is 0 Å². The third kappa shape index (κ3) is 2.37. The van der Waals surface area contributed by atoms with Gasteiger partial charge in [-0.2, -0.15) is 0 Å². The van der Waals surface area contributed by atoms with Gasteiger partial charge >= 0.3 is 0 Å². The number of rotatable bonds is 1. The molecule has 1 aromatic heterocycles. The lowest BCUT2D eigenvalue weighted by atomic mass is 10.1. The smallest absolute Gasteiger partial charge is 0.140 e. The van der Waals surface area contributed by atoms with Gasteiger partial charge < -0.3 is 19.7 Å². The van der Waals surface area contributed by atoms with E-state index in [2.05, 4.69) is 14.9 Å². The van der Waals surface area contributed by atoms with Gasteiger partial charge in [-0.25, -0.2) is 9.97 Å². The molecular weight excluding hydrogens is 268 g/mol. The van der Waals surface area contributed by atoms with Crippen LogP contribution in [0.4, 0.5) is 10.6 Å². The second-order valence-electron chi connectivity index (χ2n) is 5.49. The van der Waals surface area contributed by atoms with Crippen molar-refractivity contribution >= 4 is 22.8 Å². The average Bonchev–Trinajstić information content (AvgIpc) is 2.46. The lowest BCUT2D eigenvalue weighted by molar-refractivity contribution is -0.266. The van der Waals surface area contributed by atoms with Crippen molar-refractivity contribution in [1.29, 1.82) is 0 Å². The quantitative estimate of drug-likeness (QED) is 0.777. The van der Waals surface area contributed by atoms with Crippen LogP contribution in [-0.2, 0) is 0 Å². The Bertz CT molecular complexity index is 658. The third-order valence-corrected chi connectivity index (χ3v) is 3.94. The van der Waals surface area contributed by atoms with Gasteiger partial charge in [-0.05, 0) is 26.0 Å². The summed E-state index contributed by atoms with van der Waals surface area (Å²) in [6.45, 7) is 4.85. The van der Waals surface area contributed by atoms with Gasteiger partial charge in [-0.15, -0.1) is 0 Å². The molecule has 0 radical (unpaired) electrons. The minimum Gasteiger partial charge on any atom is -0.530 e. The lowest BCUT2D eigenvalue weighted by Gasteiger charge is -2.46. The largest absolute Gasteiger partial charge is 0.530 e. The molecule has 2 unspecified atom stereocenters. The Morgan fingerprint density at radius 1 is 1.19 bits per heavy atom. The molecule has 0 N–H and O–H groups in total. The van der Waals surface area contributed by atoms with Crippen molar-refractivity contribution in [3.05, 3.63) is 30.6 Å². The highest BCUT2D eigenvalue weighted by atomic mass is 16.4. The van der Waals surface area contributed by atoms with Gasteiger partial charge in [0.25, 0.3) is 0 Å². The summed E-state index contributed by atoms with van der Waals surface area (Å²) in [7, 11) is 0. The molecule has 21 heavy (non-hydrogen) atoms. The molecule has 1 aliphatic heterocycles. The van der Waals surface area contributed by atoms with E-state index < -0.39 is 6.09 Å². The van der Waals surface area contributed by atoms with Crippen molar-refractivity contribution in [1.82, 2.24) is 14.9 Å². The summed E-state index contributed by atoms with van der Waals surface area (Å²) in [4.78, 5) is 23.3. The van der Waals surface area contributed by atoms with Crippen LogP contribution in [0.5, 0.6) is 0 Å². The van der Waals surface area contributed by atoms with Crippen LogP contribution in [0.15, 0.2) is 30.6 Å². The minimum atomic E-state index is -1.11. The van der Waals surface area contributed by atoms with E-state index in [1.807, 2.05) is 38.1 Å². The van der Waals surface area contributed by atoms with E-state index in [0.717, 1.165) is 16.7 Å². The maximum absolute atomic E-state index is 11.1. The Morgan fingerprint density at radius 2 is 1.86 bits per heavy atom. The normalized spacial score (nSPS) is 22.6. The zero-order valence-electron chi connectivity index (χ0n) is 12.1. The van der Waals surface area contributed by atoms with E-state index in [1.54, 1.807) is 6.33 Å². The van der Waals surface area contributed by atoms with Gasteiger partial charge in [0, 0.05) is 30.6 Å². The first-order chi connectivity index (χ1) is 10.1. The first kappa shape index (κ1) is 13.6. The third-order valence-electron chi connectivity index (χ3n) is 3.94. The number of benzene rings is 1. The molecule has 1 amide bonds. The number of carboxylic acid groups (broad SMARTS) is 1. The molecule has 2 atom stereocenters. The Balaban J connectivity index is 2.01. The predicted molar refractivity (Wildman–Crippen MR) is 77.9 cm³/mol. The van der Waals surface area contributed by atoms with Crippen LogP contribution >= 0.6 is 0 Å².